The predicted molar refractivity (Wildman–Crippen MR) is 85.1 cm³/mol. The molecular formula is C14H13Cl2N5O. The van der Waals surface area contributed by atoms with Gasteiger partial charge in [-0.1, -0.05) is 29.3 Å². The zero-order valence-corrected chi connectivity index (χ0v) is 13.5. The molecule has 8 heteroatoms. The Bertz CT molecular complexity index is 848. The molecule has 0 radical (unpaired) electrons. The summed E-state index contributed by atoms with van der Waals surface area (Å²) in [7, 11) is 3.52. The average molecular weight is 338 g/mol. The second-order valence-electron chi connectivity index (χ2n) is 4.84. The molecule has 22 heavy (non-hydrogen) atoms. The van der Waals surface area contributed by atoms with Gasteiger partial charge in [0.25, 0.3) is 5.91 Å². The molecule has 0 spiro atoms. The van der Waals surface area contributed by atoms with E-state index in [0.29, 0.717) is 21.6 Å². The monoisotopic (exact) mass is 337 g/mol. The van der Waals surface area contributed by atoms with Crippen LogP contribution >= 0.6 is 23.2 Å². The van der Waals surface area contributed by atoms with Gasteiger partial charge in [0.15, 0.2) is 0 Å². The number of imidazole rings is 1. The van der Waals surface area contributed by atoms with Crippen molar-refractivity contribution in [3.8, 4) is 0 Å². The molecule has 0 aliphatic carbocycles. The molecule has 114 valence electrons. The minimum atomic E-state index is -0.303. The minimum Gasteiger partial charge on any atom is -0.343 e. The van der Waals surface area contributed by atoms with Crippen LogP contribution in [-0.2, 0) is 20.6 Å². The first-order valence-electron chi connectivity index (χ1n) is 6.54. The van der Waals surface area contributed by atoms with Gasteiger partial charge >= 0.3 is 0 Å². The van der Waals surface area contributed by atoms with E-state index in [1.165, 1.54) is 10.9 Å². The summed E-state index contributed by atoms with van der Waals surface area (Å²) >= 11 is 12.1. The second kappa shape index (κ2) is 5.62. The lowest BCUT2D eigenvalue weighted by molar-refractivity contribution is 0.0940. The van der Waals surface area contributed by atoms with E-state index in [2.05, 4.69) is 15.4 Å². The van der Waals surface area contributed by atoms with Crippen molar-refractivity contribution in [2.75, 3.05) is 0 Å². The summed E-state index contributed by atoms with van der Waals surface area (Å²) in [5.74, 6) is 0.401. The molecule has 0 aliphatic rings. The number of fused-ring (bicyclic) bond motifs is 1. The van der Waals surface area contributed by atoms with Crippen molar-refractivity contribution in [1.82, 2.24) is 24.6 Å². The summed E-state index contributed by atoms with van der Waals surface area (Å²) in [6, 6.07) is 5.53. The van der Waals surface area contributed by atoms with Crippen LogP contribution in [0.3, 0.4) is 0 Å². The van der Waals surface area contributed by atoms with Gasteiger partial charge in [0.05, 0.1) is 33.8 Å². The molecule has 3 aromatic rings. The van der Waals surface area contributed by atoms with E-state index in [-0.39, 0.29) is 12.5 Å². The number of halogens is 2. The molecule has 1 N–H and O–H groups in total. The first-order chi connectivity index (χ1) is 10.5. The first-order valence-corrected chi connectivity index (χ1v) is 7.30. The van der Waals surface area contributed by atoms with Gasteiger partial charge in [-0.2, -0.15) is 5.10 Å². The summed E-state index contributed by atoms with van der Waals surface area (Å²) in [5.41, 5.74) is 1.95. The smallest absolute Gasteiger partial charge is 0.271 e. The standard InChI is InChI=1S/C14H13Cl2N5O/c1-20-11(19-10-5-3-4-8(15)12(10)20)7-17-14(22)13-9(16)6-18-21(13)2/h3-6H,7H2,1-2H3,(H,17,22). The summed E-state index contributed by atoms with van der Waals surface area (Å²) in [5, 5.41) is 7.67. The maximum absolute atomic E-state index is 12.2. The maximum Gasteiger partial charge on any atom is 0.271 e. The zero-order valence-electron chi connectivity index (χ0n) is 12.0. The number of benzene rings is 1. The lowest BCUT2D eigenvalue weighted by Gasteiger charge is -2.06. The van der Waals surface area contributed by atoms with Gasteiger partial charge < -0.3 is 9.88 Å². The van der Waals surface area contributed by atoms with Crippen molar-refractivity contribution in [3.05, 3.63) is 46.0 Å². The lowest BCUT2D eigenvalue weighted by Crippen LogP contribution is -2.26. The van der Waals surface area contributed by atoms with Crippen LogP contribution in [-0.4, -0.2) is 25.2 Å². The number of aryl methyl sites for hydroxylation is 2. The molecule has 2 heterocycles. The highest BCUT2D eigenvalue weighted by Gasteiger charge is 2.17. The fourth-order valence-electron chi connectivity index (χ4n) is 2.34. The van der Waals surface area contributed by atoms with Gasteiger partial charge in [0.2, 0.25) is 0 Å². The Morgan fingerprint density at radius 1 is 1.27 bits per heavy atom. The summed E-state index contributed by atoms with van der Waals surface area (Å²) in [6.07, 6.45) is 1.44. The molecule has 0 bridgehead atoms. The number of hydrogen-bond acceptors (Lipinski definition) is 3. The lowest BCUT2D eigenvalue weighted by atomic mass is 10.3. The van der Waals surface area contributed by atoms with E-state index in [9.17, 15) is 4.79 Å². The normalized spacial score (nSPS) is 11.1. The molecular weight excluding hydrogens is 325 g/mol. The number of nitrogens with one attached hydrogen (secondary N) is 1. The minimum absolute atomic E-state index is 0.266. The van der Waals surface area contributed by atoms with E-state index in [4.69, 9.17) is 23.2 Å². The number of carbonyl (C=O) groups is 1. The molecule has 0 saturated carbocycles. The molecule has 0 saturated heterocycles. The Hall–Kier alpha value is -2.05. The van der Waals surface area contributed by atoms with Crippen molar-refractivity contribution in [3.63, 3.8) is 0 Å². The van der Waals surface area contributed by atoms with Gasteiger partial charge in [0.1, 0.15) is 11.5 Å². The van der Waals surface area contributed by atoms with Crippen LogP contribution in [0.1, 0.15) is 16.3 Å². The third-order valence-electron chi connectivity index (χ3n) is 3.45. The molecule has 1 aromatic carbocycles. The Labute approximate surface area is 136 Å². The van der Waals surface area contributed by atoms with Crippen LogP contribution in [0.4, 0.5) is 0 Å². The fourth-order valence-corrected chi connectivity index (χ4v) is 2.88. The van der Waals surface area contributed by atoms with Gasteiger partial charge in [-0.3, -0.25) is 9.48 Å². The molecule has 2 aromatic heterocycles. The molecule has 1 amide bonds. The number of rotatable bonds is 3. The number of aromatic nitrogens is 4. The SMILES string of the molecule is Cn1ncc(Cl)c1C(=O)NCc1nc2cccc(Cl)c2n1C. The third kappa shape index (κ3) is 2.44. The summed E-state index contributed by atoms with van der Waals surface area (Å²) in [4.78, 5) is 16.7. The van der Waals surface area contributed by atoms with Crippen LogP contribution in [0.5, 0.6) is 0 Å². The van der Waals surface area contributed by atoms with E-state index in [0.717, 1.165) is 11.0 Å². The molecule has 0 atom stereocenters. The maximum atomic E-state index is 12.2. The highest BCUT2D eigenvalue weighted by Crippen LogP contribution is 2.23. The summed E-state index contributed by atoms with van der Waals surface area (Å²) < 4.78 is 3.30. The highest BCUT2D eigenvalue weighted by atomic mass is 35.5. The van der Waals surface area contributed by atoms with E-state index >= 15 is 0 Å². The number of carbonyl (C=O) groups excluding carboxylic acids is 1. The van der Waals surface area contributed by atoms with Gasteiger partial charge in [-0.25, -0.2) is 4.98 Å². The van der Waals surface area contributed by atoms with Gasteiger partial charge in [0, 0.05) is 14.1 Å². The fraction of sp³-hybridized carbons (Fsp3) is 0.214. The summed E-state index contributed by atoms with van der Waals surface area (Å²) in [6.45, 7) is 0.266. The number of hydrogen-bond donors (Lipinski definition) is 1. The highest BCUT2D eigenvalue weighted by molar-refractivity contribution is 6.35. The largest absolute Gasteiger partial charge is 0.343 e. The topological polar surface area (TPSA) is 64.7 Å². The van der Waals surface area contributed by atoms with E-state index in [1.807, 2.05) is 29.8 Å². The Morgan fingerprint density at radius 3 is 2.68 bits per heavy atom. The van der Waals surface area contributed by atoms with Crippen molar-refractivity contribution in [2.24, 2.45) is 14.1 Å². The third-order valence-corrected chi connectivity index (χ3v) is 4.04. The zero-order chi connectivity index (χ0) is 15.9. The molecule has 3 rings (SSSR count). The van der Waals surface area contributed by atoms with E-state index < -0.39 is 0 Å². The van der Waals surface area contributed by atoms with Crippen molar-refractivity contribution in [2.45, 2.75) is 6.54 Å². The Morgan fingerprint density at radius 2 is 2.05 bits per heavy atom. The molecule has 6 nitrogen and oxygen atoms in total. The van der Waals surface area contributed by atoms with E-state index in [1.54, 1.807) is 7.05 Å². The predicted octanol–water partition coefficient (Wildman–Crippen LogP) is 2.54. The van der Waals surface area contributed by atoms with Crippen molar-refractivity contribution >= 4 is 40.1 Å². The quantitative estimate of drug-likeness (QED) is 0.798. The van der Waals surface area contributed by atoms with Crippen LogP contribution in [0.2, 0.25) is 10.0 Å². The number of nitrogens with zero attached hydrogens (tertiary/aromatic N) is 4. The number of para-hydroxylation sites is 1. The van der Waals surface area contributed by atoms with Crippen molar-refractivity contribution < 1.29 is 4.79 Å². The number of amides is 1. The van der Waals surface area contributed by atoms with Gasteiger partial charge in [-0.15, -0.1) is 0 Å². The first kappa shape index (κ1) is 14.9. The molecule has 0 aliphatic heterocycles. The van der Waals surface area contributed by atoms with Crippen LogP contribution in [0, 0.1) is 0 Å². The molecule has 0 unspecified atom stereocenters. The average Bonchev–Trinajstić information content (AvgIpc) is 2.98. The Balaban J connectivity index is 1.84. The van der Waals surface area contributed by atoms with Crippen LogP contribution in [0.25, 0.3) is 11.0 Å². The molecule has 0 fully saturated rings. The van der Waals surface area contributed by atoms with Crippen LogP contribution < -0.4 is 5.32 Å². The Kier molecular flexibility index (Phi) is 3.80. The second-order valence-corrected chi connectivity index (χ2v) is 5.66. The van der Waals surface area contributed by atoms with Crippen molar-refractivity contribution in [1.29, 1.82) is 0 Å². The van der Waals surface area contributed by atoms with Gasteiger partial charge in [-0.05, 0) is 12.1 Å². The van der Waals surface area contributed by atoms with Crippen LogP contribution in [0.15, 0.2) is 24.4 Å².